The summed E-state index contributed by atoms with van der Waals surface area (Å²) in [6.07, 6.45) is 48.5. The molecule has 1 fully saturated rings. The standard InChI is InChI=1S/C40H73NO2/c1-3-5-7-9-11-13-15-17-19-21-23-25-27-29-31-33-35-38-37-39(42)41(40(38)43)36-34-32-30-28-26-24-22-20-18-16-14-12-10-8-6-4-2/h33-36,38H,3-32,37H2,1-2H3/b35-33+,36-34+. The maximum Gasteiger partial charge on any atom is 0.240 e. The minimum Gasteiger partial charge on any atom is -0.274 e. The molecule has 1 aliphatic rings. The lowest BCUT2D eigenvalue weighted by atomic mass is 10.0. The van der Waals surface area contributed by atoms with Gasteiger partial charge in [-0.25, -0.2) is 0 Å². The van der Waals surface area contributed by atoms with E-state index in [1.54, 1.807) is 6.20 Å². The lowest BCUT2D eigenvalue weighted by Crippen LogP contribution is -2.24. The van der Waals surface area contributed by atoms with E-state index in [-0.39, 0.29) is 17.7 Å². The van der Waals surface area contributed by atoms with Gasteiger partial charge >= 0.3 is 0 Å². The molecule has 3 nitrogen and oxygen atoms in total. The molecule has 1 saturated heterocycles. The Hall–Kier alpha value is -1.38. The summed E-state index contributed by atoms with van der Waals surface area (Å²) >= 11 is 0. The fourth-order valence-electron chi connectivity index (χ4n) is 6.34. The second-order valence-corrected chi connectivity index (χ2v) is 13.5. The molecule has 1 aliphatic heterocycles. The van der Waals surface area contributed by atoms with Gasteiger partial charge in [-0.05, 0) is 25.7 Å². The maximum absolute atomic E-state index is 12.7. The number of rotatable bonds is 32. The summed E-state index contributed by atoms with van der Waals surface area (Å²) in [4.78, 5) is 26.4. The van der Waals surface area contributed by atoms with E-state index < -0.39 is 0 Å². The number of hydrogen-bond acceptors (Lipinski definition) is 2. The molecule has 0 bridgehead atoms. The number of likely N-dealkylation sites (tertiary alicyclic amines) is 1. The van der Waals surface area contributed by atoms with Crippen LogP contribution in [0.2, 0.25) is 0 Å². The Morgan fingerprint density at radius 1 is 0.488 bits per heavy atom. The molecule has 1 unspecified atom stereocenters. The Kier molecular flexibility index (Phi) is 28.2. The number of amides is 2. The lowest BCUT2D eigenvalue weighted by Gasteiger charge is -2.08. The van der Waals surface area contributed by atoms with E-state index in [1.807, 2.05) is 12.2 Å². The van der Waals surface area contributed by atoms with E-state index in [0.29, 0.717) is 6.42 Å². The van der Waals surface area contributed by atoms with Gasteiger partial charge in [-0.2, -0.15) is 0 Å². The van der Waals surface area contributed by atoms with Crippen molar-refractivity contribution in [3.63, 3.8) is 0 Å². The van der Waals surface area contributed by atoms with Crippen LogP contribution >= 0.6 is 0 Å². The smallest absolute Gasteiger partial charge is 0.240 e. The molecule has 1 rings (SSSR count). The second-order valence-electron chi connectivity index (χ2n) is 13.5. The molecule has 0 aromatic carbocycles. The molecule has 2 amide bonds. The van der Waals surface area contributed by atoms with Crippen LogP contribution in [0.3, 0.4) is 0 Å². The van der Waals surface area contributed by atoms with Crippen LogP contribution in [0, 0.1) is 5.92 Å². The van der Waals surface area contributed by atoms with Gasteiger partial charge in [-0.1, -0.05) is 199 Å². The summed E-state index contributed by atoms with van der Waals surface area (Å²) in [7, 11) is 0. The molecule has 0 saturated carbocycles. The zero-order valence-electron chi connectivity index (χ0n) is 29.1. The van der Waals surface area contributed by atoms with Gasteiger partial charge in [0.25, 0.3) is 0 Å². The van der Waals surface area contributed by atoms with E-state index in [9.17, 15) is 9.59 Å². The third kappa shape index (κ3) is 23.6. The first kappa shape index (κ1) is 39.6. The van der Waals surface area contributed by atoms with Crippen LogP contribution in [0.25, 0.3) is 0 Å². The maximum atomic E-state index is 12.7. The Bertz CT molecular complexity index is 697. The van der Waals surface area contributed by atoms with Crippen molar-refractivity contribution < 1.29 is 9.59 Å². The highest BCUT2D eigenvalue weighted by Gasteiger charge is 2.35. The molecule has 250 valence electrons. The van der Waals surface area contributed by atoms with E-state index in [0.717, 1.165) is 19.3 Å². The zero-order valence-corrected chi connectivity index (χ0v) is 29.1. The SMILES string of the molecule is CCCCCCCCCCCCCCCC/C=C/C1CC(=O)N(/C=C/CCCCCCCCCCCCCCCC)C1=O. The highest BCUT2D eigenvalue weighted by Crippen LogP contribution is 2.22. The normalized spacial score (nSPS) is 15.7. The molecule has 1 atom stereocenters. The van der Waals surface area contributed by atoms with Crippen LogP contribution in [0.4, 0.5) is 0 Å². The Morgan fingerprint density at radius 3 is 1.19 bits per heavy atom. The van der Waals surface area contributed by atoms with E-state index >= 15 is 0 Å². The van der Waals surface area contributed by atoms with Gasteiger partial charge in [0.15, 0.2) is 0 Å². The molecule has 0 aromatic rings. The minimum absolute atomic E-state index is 0.0422. The molecule has 0 N–H and O–H groups in total. The summed E-state index contributed by atoms with van der Waals surface area (Å²) in [5.74, 6) is -0.349. The fourth-order valence-corrected chi connectivity index (χ4v) is 6.34. The molecule has 1 heterocycles. The monoisotopic (exact) mass is 600 g/mol. The highest BCUT2D eigenvalue weighted by atomic mass is 16.2. The van der Waals surface area contributed by atoms with Gasteiger partial charge in [0.05, 0.1) is 5.92 Å². The molecule has 43 heavy (non-hydrogen) atoms. The number of nitrogens with zero attached hydrogens (tertiary/aromatic N) is 1. The predicted molar refractivity (Wildman–Crippen MR) is 188 cm³/mol. The van der Waals surface area contributed by atoms with Crippen molar-refractivity contribution in [2.45, 2.75) is 213 Å². The Morgan fingerprint density at radius 2 is 0.814 bits per heavy atom. The molecular weight excluding hydrogens is 526 g/mol. The Balaban J connectivity index is 1.94. The van der Waals surface area contributed by atoms with Crippen LogP contribution in [-0.2, 0) is 9.59 Å². The molecule has 0 radical (unpaired) electrons. The third-order valence-corrected chi connectivity index (χ3v) is 9.29. The van der Waals surface area contributed by atoms with E-state index in [1.165, 1.54) is 178 Å². The van der Waals surface area contributed by atoms with E-state index in [4.69, 9.17) is 0 Å². The van der Waals surface area contributed by atoms with Gasteiger partial charge in [0.1, 0.15) is 0 Å². The van der Waals surface area contributed by atoms with Crippen molar-refractivity contribution in [2.24, 2.45) is 5.92 Å². The van der Waals surface area contributed by atoms with Crippen molar-refractivity contribution in [2.75, 3.05) is 0 Å². The Labute approximate surface area is 269 Å². The van der Waals surface area contributed by atoms with Crippen LogP contribution < -0.4 is 0 Å². The first-order chi connectivity index (χ1) is 21.2. The van der Waals surface area contributed by atoms with Crippen molar-refractivity contribution >= 4 is 11.8 Å². The van der Waals surface area contributed by atoms with E-state index in [2.05, 4.69) is 19.9 Å². The average Bonchev–Trinajstić information content (AvgIpc) is 3.28. The highest BCUT2D eigenvalue weighted by molar-refractivity contribution is 6.05. The van der Waals surface area contributed by atoms with Crippen LogP contribution in [0.15, 0.2) is 24.4 Å². The molecule has 0 aliphatic carbocycles. The van der Waals surface area contributed by atoms with Crippen molar-refractivity contribution in [1.29, 1.82) is 0 Å². The average molecular weight is 600 g/mol. The summed E-state index contributed by atoms with van der Waals surface area (Å²) in [5, 5.41) is 0. The number of unbranched alkanes of at least 4 members (excludes halogenated alkanes) is 28. The fraction of sp³-hybridized carbons (Fsp3) is 0.850. The van der Waals surface area contributed by atoms with Crippen LogP contribution in [-0.4, -0.2) is 16.7 Å². The molecule has 0 aromatic heterocycles. The van der Waals surface area contributed by atoms with Gasteiger partial charge in [-0.15, -0.1) is 0 Å². The third-order valence-electron chi connectivity index (χ3n) is 9.29. The van der Waals surface area contributed by atoms with Gasteiger partial charge in [-0.3, -0.25) is 14.5 Å². The van der Waals surface area contributed by atoms with Crippen LogP contribution in [0.1, 0.15) is 213 Å². The quantitative estimate of drug-likeness (QED) is 0.0438. The number of allylic oxidation sites excluding steroid dienone is 2. The topological polar surface area (TPSA) is 37.4 Å². The molecule has 3 heteroatoms. The summed E-state index contributed by atoms with van der Waals surface area (Å²) < 4.78 is 0. The first-order valence-electron chi connectivity index (χ1n) is 19.4. The van der Waals surface area contributed by atoms with Gasteiger partial charge in [0.2, 0.25) is 11.8 Å². The largest absolute Gasteiger partial charge is 0.274 e. The lowest BCUT2D eigenvalue weighted by molar-refractivity contribution is -0.135. The number of carbonyl (C=O) groups excluding carboxylic acids is 2. The van der Waals surface area contributed by atoms with Gasteiger partial charge < -0.3 is 0 Å². The number of hydrogen-bond donors (Lipinski definition) is 0. The van der Waals surface area contributed by atoms with Gasteiger partial charge in [0, 0.05) is 12.6 Å². The van der Waals surface area contributed by atoms with Crippen molar-refractivity contribution in [3.05, 3.63) is 24.4 Å². The predicted octanol–water partition coefficient (Wildman–Crippen LogP) is 13.2. The second kappa shape index (κ2) is 30.6. The van der Waals surface area contributed by atoms with Crippen molar-refractivity contribution in [1.82, 2.24) is 4.90 Å². The zero-order chi connectivity index (χ0) is 31.1. The minimum atomic E-state index is -0.259. The summed E-state index contributed by atoms with van der Waals surface area (Å²) in [5.41, 5.74) is 0. The molecule has 0 spiro atoms. The molecular formula is C40H73NO2. The number of imide groups is 1. The summed E-state index contributed by atoms with van der Waals surface area (Å²) in [6.45, 7) is 4.57. The first-order valence-corrected chi connectivity index (χ1v) is 19.4. The number of carbonyl (C=O) groups is 2. The van der Waals surface area contributed by atoms with Crippen LogP contribution in [0.5, 0.6) is 0 Å². The summed E-state index contributed by atoms with van der Waals surface area (Å²) in [6, 6.07) is 0. The van der Waals surface area contributed by atoms with Crippen molar-refractivity contribution in [3.8, 4) is 0 Å².